The van der Waals surface area contributed by atoms with Crippen LogP contribution in [0.15, 0.2) is 66.2 Å². The topological polar surface area (TPSA) is 50.1 Å². The first-order valence-corrected chi connectivity index (χ1v) is 10.1. The molecule has 0 aliphatic rings. The second-order valence-corrected chi connectivity index (χ2v) is 6.96. The third-order valence-electron chi connectivity index (χ3n) is 4.93. The average Bonchev–Trinajstić information content (AvgIpc) is 2.75. The van der Waals surface area contributed by atoms with Gasteiger partial charge in [-0.2, -0.15) is 5.26 Å². The van der Waals surface area contributed by atoms with Crippen LogP contribution in [0.5, 0.6) is 0 Å². The van der Waals surface area contributed by atoms with E-state index in [9.17, 15) is 10.1 Å². The molecule has 0 aliphatic heterocycles. The minimum absolute atomic E-state index is 0.0563. The van der Waals surface area contributed by atoms with Crippen LogP contribution in [0.2, 0.25) is 0 Å². The molecule has 0 aliphatic carbocycles. The maximum absolute atomic E-state index is 12.8. The van der Waals surface area contributed by atoms with Crippen LogP contribution < -0.4 is 0 Å². The minimum atomic E-state index is -0.542. The number of hydrogen-bond donors (Lipinski definition) is 0. The number of carbonyl (C=O) groups excluding carboxylic acids is 1. The van der Waals surface area contributed by atoms with Gasteiger partial charge in [-0.15, -0.1) is 0 Å². The Labute approximate surface area is 168 Å². The maximum Gasteiger partial charge on any atom is 0.349 e. The van der Waals surface area contributed by atoms with Crippen molar-refractivity contribution in [2.45, 2.75) is 46.0 Å². The molecule has 1 unspecified atom stereocenters. The van der Waals surface area contributed by atoms with Crippen LogP contribution in [0.1, 0.15) is 57.1 Å². The molecule has 0 radical (unpaired) electrons. The molecule has 2 aromatic rings. The van der Waals surface area contributed by atoms with Crippen molar-refractivity contribution in [3.8, 4) is 6.07 Å². The highest BCUT2D eigenvalue weighted by Crippen LogP contribution is 2.27. The highest BCUT2D eigenvalue weighted by atomic mass is 16.5. The summed E-state index contributed by atoms with van der Waals surface area (Å²) >= 11 is 0. The predicted molar refractivity (Wildman–Crippen MR) is 113 cm³/mol. The summed E-state index contributed by atoms with van der Waals surface area (Å²) in [6, 6.07) is 21.2. The van der Waals surface area contributed by atoms with E-state index in [2.05, 4.69) is 19.9 Å². The summed E-state index contributed by atoms with van der Waals surface area (Å²) in [7, 11) is 0. The van der Waals surface area contributed by atoms with E-state index in [0.717, 1.165) is 30.4 Å². The molecule has 1 atom stereocenters. The largest absolute Gasteiger partial charge is 0.461 e. The van der Waals surface area contributed by atoms with Crippen molar-refractivity contribution in [2.75, 3.05) is 6.61 Å². The van der Waals surface area contributed by atoms with Crippen molar-refractivity contribution in [3.63, 3.8) is 0 Å². The quantitative estimate of drug-likeness (QED) is 0.216. The van der Waals surface area contributed by atoms with Crippen LogP contribution in [0.4, 0.5) is 0 Å². The van der Waals surface area contributed by atoms with Gasteiger partial charge in [-0.05, 0) is 23.5 Å². The Kier molecular flexibility index (Phi) is 9.01. The lowest BCUT2D eigenvalue weighted by molar-refractivity contribution is -0.139. The van der Waals surface area contributed by atoms with Gasteiger partial charge in [0.2, 0.25) is 0 Å². The van der Waals surface area contributed by atoms with Crippen molar-refractivity contribution in [3.05, 3.63) is 77.4 Å². The molecule has 3 heteroatoms. The fraction of sp³-hybridized carbons (Fsp3) is 0.360. The number of nitriles is 1. The summed E-state index contributed by atoms with van der Waals surface area (Å²) in [5.74, 6) is -0.202. The molecular formula is C25H29NO2. The molecule has 0 saturated carbocycles. The molecular weight excluding hydrogens is 346 g/mol. The second kappa shape index (κ2) is 11.8. The molecule has 28 heavy (non-hydrogen) atoms. The van der Waals surface area contributed by atoms with Crippen LogP contribution >= 0.6 is 0 Å². The van der Waals surface area contributed by atoms with Gasteiger partial charge >= 0.3 is 5.97 Å². The third-order valence-corrected chi connectivity index (χ3v) is 4.93. The summed E-state index contributed by atoms with van der Waals surface area (Å²) in [5, 5.41) is 9.78. The van der Waals surface area contributed by atoms with E-state index in [4.69, 9.17) is 4.74 Å². The summed E-state index contributed by atoms with van der Waals surface area (Å²) in [6.45, 7) is 4.66. The standard InChI is InChI=1S/C25H29NO2/c1-3-5-8-13-20(4-2)19-28-25(27)23(18-26)24(21-14-9-6-10-15-21)22-16-11-7-12-17-22/h6-7,9-12,14-17,20H,3-5,8,13,19H2,1-2H3. The molecule has 0 amide bonds. The smallest absolute Gasteiger partial charge is 0.349 e. The van der Waals surface area contributed by atoms with Gasteiger partial charge in [-0.1, -0.05) is 100 Å². The summed E-state index contributed by atoms with van der Waals surface area (Å²) in [4.78, 5) is 12.8. The zero-order chi connectivity index (χ0) is 20.2. The van der Waals surface area contributed by atoms with E-state index in [-0.39, 0.29) is 5.57 Å². The van der Waals surface area contributed by atoms with Crippen LogP contribution in [0.3, 0.4) is 0 Å². The van der Waals surface area contributed by atoms with Gasteiger partial charge < -0.3 is 4.74 Å². The number of hydrogen-bond acceptors (Lipinski definition) is 3. The Balaban J connectivity index is 2.27. The lowest BCUT2D eigenvalue weighted by atomic mass is 9.93. The Hall–Kier alpha value is -2.86. The Morgan fingerprint density at radius 1 is 0.964 bits per heavy atom. The SMILES string of the molecule is CCCCCC(CC)COC(=O)C(C#N)=C(c1ccccc1)c1ccccc1. The van der Waals surface area contributed by atoms with Gasteiger partial charge in [0.15, 0.2) is 0 Å². The van der Waals surface area contributed by atoms with E-state index in [1.807, 2.05) is 60.7 Å². The fourth-order valence-electron chi connectivity index (χ4n) is 3.22. The van der Waals surface area contributed by atoms with Crippen LogP contribution in [0.25, 0.3) is 5.57 Å². The lowest BCUT2D eigenvalue weighted by Crippen LogP contribution is -2.16. The lowest BCUT2D eigenvalue weighted by Gasteiger charge is -2.16. The molecule has 2 aromatic carbocycles. The van der Waals surface area contributed by atoms with Crippen molar-refractivity contribution in [1.82, 2.24) is 0 Å². The van der Waals surface area contributed by atoms with E-state index in [1.165, 1.54) is 12.8 Å². The van der Waals surface area contributed by atoms with Crippen LogP contribution in [-0.4, -0.2) is 12.6 Å². The zero-order valence-electron chi connectivity index (χ0n) is 16.9. The number of rotatable bonds is 10. The van der Waals surface area contributed by atoms with E-state index in [1.54, 1.807) is 0 Å². The number of esters is 1. The molecule has 146 valence electrons. The Bertz CT molecular complexity index is 762. The molecule has 0 saturated heterocycles. The molecule has 0 spiro atoms. The second-order valence-electron chi connectivity index (χ2n) is 6.96. The average molecular weight is 376 g/mol. The predicted octanol–water partition coefficient (Wildman–Crippen LogP) is 6.16. The number of unbranched alkanes of at least 4 members (excludes halogenated alkanes) is 2. The summed E-state index contributed by atoms with van der Waals surface area (Å²) in [6.07, 6.45) is 5.53. The first kappa shape index (κ1) is 21.4. The van der Waals surface area contributed by atoms with Crippen LogP contribution in [0, 0.1) is 17.2 Å². The molecule has 2 rings (SSSR count). The molecule has 0 N–H and O–H groups in total. The fourth-order valence-corrected chi connectivity index (χ4v) is 3.22. The van der Waals surface area contributed by atoms with Gasteiger partial charge in [-0.3, -0.25) is 0 Å². The van der Waals surface area contributed by atoms with Gasteiger partial charge in [0.1, 0.15) is 11.6 Å². The van der Waals surface area contributed by atoms with Crippen LogP contribution in [-0.2, 0) is 9.53 Å². The minimum Gasteiger partial charge on any atom is -0.461 e. The highest BCUT2D eigenvalue weighted by molar-refractivity contribution is 6.05. The third kappa shape index (κ3) is 6.09. The molecule has 0 bridgehead atoms. The first-order valence-electron chi connectivity index (χ1n) is 10.1. The van der Waals surface area contributed by atoms with Crippen molar-refractivity contribution < 1.29 is 9.53 Å². The zero-order valence-corrected chi connectivity index (χ0v) is 16.9. The number of carbonyl (C=O) groups is 1. The maximum atomic E-state index is 12.8. The van der Waals surface area contributed by atoms with Crippen molar-refractivity contribution in [2.24, 2.45) is 5.92 Å². The van der Waals surface area contributed by atoms with E-state index < -0.39 is 5.97 Å². The van der Waals surface area contributed by atoms with Gasteiger partial charge in [0, 0.05) is 5.57 Å². The molecule has 0 aromatic heterocycles. The summed E-state index contributed by atoms with van der Waals surface area (Å²) in [5.41, 5.74) is 2.34. The molecule has 0 fully saturated rings. The Morgan fingerprint density at radius 2 is 1.54 bits per heavy atom. The van der Waals surface area contributed by atoms with Crippen molar-refractivity contribution in [1.29, 1.82) is 5.26 Å². The molecule has 3 nitrogen and oxygen atoms in total. The first-order chi connectivity index (χ1) is 13.7. The van der Waals surface area contributed by atoms with Gasteiger partial charge in [-0.25, -0.2) is 4.79 Å². The number of nitrogens with zero attached hydrogens (tertiary/aromatic N) is 1. The highest BCUT2D eigenvalue weighted by Gasteiger charge is 2.21. The number of ether oxygens (including phenoxy) is 1. The summed E-state index contributed by atoms with van der Waals surface area (Å²) < 4.78 is 5.58. The molecule has 0 heterocycles. The number of benzene rings is 2. The Morgan fingerprint density at radius 3 is 2.00 bits per heavy atom. The monoisotopic (exact) mass is 375 g/mol. The van der Waals surface area contributed by atoms with E-state index >= 15 is 0 Å². The van der Waals surface area contributed by atoms with Gasteiger partial charge in [0.25, 0.3) is 0 Å². The van der Waals surface area contributed by atoms with Gasteiger partial charge in [0.05, 0.1) is 6.61 Å². The normalized spacial score (nSPS) is 11.3. The van der Waals surface area contributed by atoms with E-state index in [0.29, 0.717) is 18.1 Å². The van der Waals surface area contributed by atoms with Crippen molar-refractivity contribution >= 4 is 11.5 Å².